The molecule has 2 aliphatic rings. The van der Waals surface area contributed by atoms with E-state index >= 15 is 0 Å². The van der Waals surface area contributed by atoms with Crippen molar-refractivity contribution in [1.29, 1.82) is 0 Å². The van der Waals surface area contributed by atoms with Crippen molar-refractivity contribution in [3.63, 3.8) is 0 Å². The van der Waals surface area contributed by atoms with Gasteiger partial charge in [0, 0.05) is 44.3 Å². The number of ether oxygens (including phenoxy) is 5. The molecule has 2 rings (SSSR count). The summed E-state index contributed by atoms with van der Waals surface area (Å²) in [6, 6.07) is 0. The van der Waals surface area contributed by atoms with E-state index in [0.717, 1.165) is 11.1 Å². The Labute approximate surface area is 264 Å². The van der Waals surface area contributed by atoms with E-state index in [2.05, 4.69) is 0 Å². The highest BCUT2D eigenvalue weighted by molar-refractivity contribution is 5.87. The zero-order chi connectivity index (χ0) is 33.4. The standard InChI is InChI=1S/C35H58O9/c1-12-27-24(6)30(42-11)19-35(39,44-27)26(8)32(37)25(7)33-28(40-9)15-13-14-20(2)16-22(4)31(36)23(5)17-21(3)18-29(41-10)34(38)43-33/h13-15,17-18,22-28,30-33,36-37,39H,12,16,19H2,1-11H3/b15-13+,20-14+,21-17+,29-18+/t22-,23-,24-,25+,26+,27-,28-,30-,31+,32-,33-,35-/m0/s1. The number of rotatable bonds is 8. The Morgan fingerprint density at radius 3 is 2.34 bits per heavy atom. The van der Waals surface area contributed by atoms with Crippen LogP contribution in [0.3, 0.4) is 0 Å². The van der Waals surface area contributed by atoms with Crippen LogP contribution in [0.5, 0.6) is 0 Å². The molecular weight excluding hydrogens is 564 g/mol. The van der Waals surface area contributed by atoms with Crippen molar-refractivity contribution in [3.05, 3.63) is 47.3 Å². The monoisotopic (exact) mass is 622 g/mol. The fourth-order valence-electron chi connectivity index (χ4n) is 6.58. The van der Waals surface area contributed by atoms with E-state index < -0.39 is 48.0 Å². The van der Waals surface area contributed by atoms with Gasteiger partial charge in [0.05, 0.1) is 31.5 Å². The number of allylic oxidation sites excluding steroid dienone is 5. The summed E-state index contributed by atoms with van der Waals surface area (Å²) >= 11 is 0. The van der Waals surface area contributed by atoms with Crippen molar-refractivity contribution in [2.24, 2.45) is 29.6 Å². The predicted molar refractivity (Wildman–Crippen MR) is 170 cm³/mol. The van der Waals surface area contributed by atoms with Gasteiger partial charge >= 0.3 is 5.97 Å². The van der Waals surface area contributed by atoms with E-state index in [9.17, 15) is 20.1 Å². The molecule has 0 bridgehead atoms. The Bertz CT molecular complexity index is 1030. The maximum atomic E-state index is 13.5. The minimum Gasteiger partial charge on any atom is -0.490 e. The first kappa shape index (κ1) is 38.2. The number of carbonyl (C=O) groups excluding carboxylic acids is 1. The van der Waals surface area contributed by atoms with Crippen molar-refractivity contribution in [2.45, 2.75) is 117 Å². The third-order valence-corrected chi connectivity index (χ3v) is 9.60. The van der Waals surface area contributed by atoms with E-state index in [0.29, 0.717) is 12.8 Å². The molecule has 0 amide bonds. The minimum absolute atomic E-state index is 0.00545. The normalized spacial score (nSPS) is 41.0. The topological polar surface area (TPSA) is 124 Å². The van der Waals surface area contributed by atoms with Crippen LogP contribution in [0.25, 0.3) is 0 Å². The Morgan fingerprint density at radius 1 is 1.11 bits per heavy atom. The van der Waals surface area contributed by atoms with E-state index in [1.807, 2.05) is 59.8 Å². The molecule has 3 N–H and O–H groups in total. The van der Waals surface area contributed by atoms with Gasteiger partial charge in [-0.25, -0.2) is 4.79 Å². The maximum Gasteiger partial charge on any atom is 0.373 e. The Hall–Kier alpha value is -2.01. The molecule has 0 aliphatic carbocycles. The van der Waals surface area contributed by atoms with Crippen LogP contribution in [-0.2, 0) is 28.5 Å². The average Bonchev–Trinajstić information content (AvgIpc) is 2.99. The summed E-state index contributed by atoms with van der Waals surface area (Å²) in [5.41, 5.74) is 1.81. The molecule has 0 unspecified atom stereocenters. The highest BCUT2D eigenvalue weighted by Crippen LogP contribution is 2.41. The Kier molecular flexibility index (Phi) is 14.8. The van der Waals surface area contributed by atoms with Crippen molar-refractivity contribution < 1.29 is 43.8 Å². The number of esters is 1. The fourth-order valence-corrected chi connectivity index (χ4v) is 6.58. The molecule has 1 saturated heterocycles. The van der Waals surface area contributed by atoms with Crippen LogP contribution in [0.2, 0.25) is 0 Å². The molecule has 0 aromatic carbocycles. The number of aliphatic hydroxyl groups excluding tert-OH is 2. The van der Waals surface area contributed by atoms with Crippen molar-refractivity contribution >= 4 is 5.97 Å². The summed E-state index contributed by atoms with van der Waals surface area (Å²) in [5, 5.41) is 34.4. The van der Waals surface area contributed by atoms with Crippen LogP contribution < -0.4 is 0 Å². The number of carbonyl (C=O) groups is 1. The highest BCUT2D eigenvalue weighted by Gasteiger charge is 2.51. The largest absolute Gasteiger partial charge is 0.490 e. The minimum atomic E-state index is -1.65. The van der Waals surface area contributed by atoms with E-state index in [1.54, 1.807) is 33.1 Å². The van der Waals surface area contributed by atoms with Gasteiger partial charge in [-0.1, -0.05) is 77.0 Å². The predicted octanol–water partition coefficient (Wildman–Crippen LogP) is 5.10. The lowest BCUT2D eigenvalue weighted by atomic mass is 9.77. The Morgan fingerprint density at radius 2 is 1.77 bits per heavy atom. The summed E-state index contributed by atoms with van der Waals surface area (Å²) in [4.78, 5) is 13.5. The first-order chi connectivity index (χ1) is 20.6. The second kappa shape index (κ2) is 17.1. The lowest BCUT2D eigenvalue weighted by Crippen LogP contribution is -2.58. The van der Waals surface area contributed by atoms with Crippen molar-refractivity contribution in [2.75, 3.05) is 21.3 Å². The molecule has 0 spiro atoms. The number of hydrogen-bond donors (Lipinski definition) is 3. The third kappa shape index (κ3) is 9.50. The smallest absolute Gasteiger partial charge is 0.373 e. The van der Waals surface area contributed by atoms with Gasteiger partial charge in [-0.2, -0.15) is 0 Å². The zero-order valence-corrected chi connectivity index (χ0v) is 28.7. The number of methoxy groups -OCH3 is 3. The van der Waals surface area contributed by atoms with Gasteiger partial charge in [-0.15, -0.1) is 0 Å². The fraction of sp³-hybridized carbons (Fsp3) is 0.743. The Balaban J connectivity index is 2.52. The second-order valence-corrected chi connectivity index (χ2v) is 13.0. The molecule has 0 aromatic rings. The second-order valence-electron chi connectivity index (χ2n) is 13.0. The molecule has 0 aromatic heterocycles. The molecule has 12 atom stereocenters. The van der Waals surface area contributed by atoms with Crippen LogP contribution in [-0.4, -0.2) is 85.0 Å². The molecule has 2 heterocycles. The van der Waals surface area contributed by atoms with E-state index in [1.165, 1.54) is 14.2 Å². The van der Waals surface area contributed by atoms with Crippen LogP contribution >= 0.6 is 0 Å². The number of cyclic esters (lactones) is 1. The molecule has 252 valence electrons. The van der Waals surface area contributed by atoms with E-state index in [4.69, 9.17) is 23.7 Å². The number of aliphatic hydroxyl groups is 3. The van der Waals surface area contributed by atoms with Gasteiger partial charge < -0.3 is 39.0 Å². The lowest BCUT2D eigenvalue weighted by molar-refractivity contribution is -0.324. The molecule has 1 fully saturated rings. The van der Waals surface area contributed by atoms with Crippen molar-refractivity contribution in [3.8, 4) is 0 Å². The first-order valence-corrected chi connectivity index (χ1v) is 15.9. The molecule has 2 aliphatic heterocycles. The van der Waals surface area contributed by atoms with Crippen LogP contribution in [0.1, 0.15) is 74.7 Å². The molecular formula is C35H58O9. The van der Waals surface area contributed by atoms with Crippen LogP contribution in [0, 0.1) is 29.6 Å². The van der Waals surface area contributed by atoms with Gasteiger partial charge in [0.25, 0.3) is 0 Å². The number of hydrogen-bond acceptors (Lipinski definition) is 9. The van der Waals surface area contributed by atoms with Gasteiger partial charge in [0.15, 0.2) is 5.79 Å². The van der Waals surface area contributed by atoms with Gasteiger partial charge in [-0.3, -0.25) is 0 Å². The SMILES string of the molecule is CC[C@@H]1O[C@](O)([C@H](C)[C@@H](O)[C@@H](C)[C@@H]2OC(=O)/C(OC)=C\C(C)=C\[C@H](C)[C@H](O)[C@@H](C)C/C(C)=C/C=C/[C@@H]2OC)C[C@H](OC)[C@H]1C. The van der Waals surface area contributed by atoms with E-state index in [-0.39, 0.29) is 42.1 Å². The molecule has 0 radical (unpaired) electrons. The zero-order valence-electron chi connectivity index (χ0n) is 28.7. The summed E-state index contributed by atoms with van der Waals surface area (Å²) in [7, 11) is 4.53. The van der Waals surface area contributed by atoms with Gasteiger partial charge in [0.1, 0.15) is 12.2 Å². The van der Waals surface area contributed by atoms with Gasteiger partial charge in [-0.05, 0) is 38.7 Å². The molecule has 9 heteroatoms. The summed E-state index contributed by atoms with van der Waals surface area (Å²) in [6.07, 6.45) is 6.76. The van der Waals surface area contributed by atoms with Crippen molar-refractivity contribution in [1.82, 2.24) is 0 Å². The van der Waals surface area contributed by atoms with Crippen LogP contribution in [0.4, 0.5) is 0 Å². The summed E-state index contributed by atoms with van der Waals surface area (Å²) in [5.74, 6) is -3.92. The van der Waals surface area contributed by atoms with Crippen LogP contribution in [0.15, 0.2) is 47.3 Å². The first-order valence-electron chi connectivity index (χ1n) is 15.9. The molecule has 9 nitrogen and oxygen atoms in total. The third-order valence-electron chi connectivity index (χ3n) is 9.60. The summed E-state index contributed by atoms with van der Waals surface area (Å²) < 4.78 is 29.2. The molecule has 44 heavy (non-hydrogen) atoms. The quantitative estimate of drug-likeness (QED) is 0.317. The average molecular weight is 623 g/mol. The molecule has 0 saturated carbocycles. The summed E-state index contributed by atoms with van der Waals surface area (Å²) in [6.45, 7) is 15.3. The lowest BCUT2D eigenvalue weighted by Gasteiger charge is -2.49. The highest BCUT2D eigenvalue weighted by atomic mass is 16.6. The van der Waals surface area contributed by atoms with Gasteiger partial charge in [0.2, 0.25) is 5.76 Å². The maximum absolute atomic E-state index is 13.5.